The number of nitrogens with one attached hydrogen (secondary N) is 2. The second kappa shape index (κ2) is 15.5. The summed E-state index contributed by atoms with van der Waals surface area (Å²) >= 11 is 5.97. The molecular weight excluding hydrogens is 567 g/mol. The molecule has 0 saturated heterocycles. The van der Waals surface area contributed by atoms with Crippen molar-refractivity contribution in [1.29, 1.82) is 0 Å². The van der Waals surface area contributed by atoms with Gasteiger partial charge in [0.2, 0.25) is 5.88 Å². The van der Waals surface area contributed by atoms with Crippen molar-refractivity contribution >= 4 is 34.0 Å². The predicted octanol–water partition coefficient (Wildman–Crippen LogP) is 5.34. The molecule has 0 unspecified atom stereocenters. The summed E-state index contributed by atoms with van der Waals surface area (Å²) in [7, 11) is -2.55. The van der Waals surface area contributed by atoms with Gasteiger partial charge < -0.3 is 18.9 Å². The Morgan fingerprint density at radius 2 is 1.95 bits per heavy atom. The van der Waals surface area contributed by atoms with Crippen LogP contribution in [0.5, 0.6) is 17.4 Å². The number of hydrogen-bond acceptors (Lipinski definition) is 8. The summed E-state index contributed by atoms with van der Waals surface area (Å²) < 4.78 is 87.5. The third kappa shape index (κ3) is 11.7. The van der Waals surface area contributed by atoms with E-state index in [1.807, 2.05) is 6.92 Å². The molecule has 15 heteroatoms. The number of rotatable bonds is 15. The Hall–Kier alpha value is -3.07. The molecule has 0 saturated carbocycles. The van der Waals surface area contributed by atoms with Crippen LogP contribution >= 0.6 is 11.6 Å². The summed E-state index contributed by atoms with van der Waals surface area (Å²) in [4.78, 5) is 15.5. The Morgan fingerprint density at radius 1 is 1.18 bits per heavy atom. The fraction of sp³-hybridized carbons (Fsp3) is 0.417. The van der Waals surface area contributed by atoms with Gasteiger partial charge in [0.25, 0.3) is 0 Å². The number of benzene rings is 1. The van der Waals surface area contributed by atoms with E-state index in [1.54, 1.807) is 16.9 Å². The van der Waals surface area contributed by atoms with Gasteiger partial charge in [-0.15, -0.1) is 0 Å². The molecule has 39 heavy (non-hydrogen) atoms. The Bertz CT molecular complexity index is 1230. The molecule has 0 atom stereocenters. The van der Waals surface area contributed by atoms with Crippen molar-refractivity contribution in [2.24, 2.45) is 0 Å². The Labute approximate surface area is 229 Å². The lowest BCUT2D eigenvalue weighted by Gasteiger charge is -2.13. The number of hydrogen-bond donors (Lipinski definition) is 2. The van der Waals surface area contributed by atoms with Gasteiger partial charge in [0.15, 0.2) is 0 Å². The number of methoxy groups -OCH3 is 1. The van der Waals surface area contributed by atoms with Crippen molar-refractivity contribution in [2.75, 3.05) is 33.5 Å². The molecule has 0 fully saturated rings. The molecule has 2 rings (SSSR count). The lowest BCUT2D eigenvalue weighted by molar-refractivity contribution is -0.137. The molecule has 2 N–H and O–H groups in total. The van der Waals surface area contributed by atoms with Crippen LogP contribution in [-0.2, 0) is 25.9 Å². The van der Waals surface area contributed by atoms with Crippen molar-refractivity contribution in [3.05, 3.63) is 52.7 Å². The summed E-state index contributed by atoms with van der Waals surface area (Å²) in [6.07, 6.45) is 0.0420. The van der Waals surface area contributed by atoms with Crippen molar-refractivity contribution in [3.63, 3.8) is 0 Å². The monoisotopic (exact) mass is 595 g/mol. The first-order valence-corrected chi connectivity index (χ1v) is 13.6. The van der Waals surface area contributed by atoms with Gasteiger partial charge in [0.05, 0.1) is 12.2 Å². The largest absolute Gasteiger partial charge is 0.491 e. The molecule has 216 valence electrons. The van der Waals surface area contributed by atoms with Crippen molar-refractivity contribution in [2.45, 2.75) is 32.4 Å². The zero-order valence-electron chi connectivity index (χ0n) is 21.2. The standard InChI is InChI=1S/C24H29ClF3N3O7S/c1-3-4-5-10-30-39(33,34)31-23(32)37-11-6-7-17-8-9-19(36-13-12-35-2)15-21(17)38-22-20(25)14-18(16-29-22)24(26,27)28/h6-9,14-16,30H,3-5,10-13H2,1-2H3,(H,31,32)/b7-6+. The molecule has 0 radical (unpaired) electrons. The highest BCUT2D eigenvalue weighted by Gasteiger charge is 2.32. The summed E-state index contributed by atoms with van der Waals surface area (Å²) in [6.45, 7) is 2.39. The molecule has 0 bridgehead atoms. The maximum absolute atomic E-state index is 12.9. The van der Waals surface area contributed by atoms with Crippen LogP contribution in [0.15, 0.2) is 36.5 Å². The molecule has 0 spiro atoms. The van der Waals surface area contributed by atoms with E-state index in [4.69, 9.17) is 30.5 Å². The number of amides is 1. The highest BCUT2D eigenvalue weighted by molar-refractivity contribution is 7.88. The minimum absolute atomic E-state index is 0.124. The third-order valence-electron chi connectivity index (χ3n) is 4.78. The van der Waals surface area contributed by atoms with E-state index in [1.165, 1.54) is 25.3 Å². The van der Waals surface area contributed by atoms with Crippen LogP contribution in [0, 0.1) is 0 Å². The number of carbonyl (C=O) groups is 1. The number of unbranched alkanes of at least 4 members (excludes halogenated alkanes) is 2. The van der Waals surface area contributed by atoms with Gasteiger partial charge >= 0.3 is 22.5 Å². The number of halogens is 4. The van der Waals surface area contributed by atoms with Crippen LogP contribution in [0.1, 0.15) is 37.3 Å². The molecule has 0 aliphatic heterocycles. The van der Waals surface area contributed by atoms with Crippen LogP contribution in [0.2, 0.25) is 5.02 Å². The minimum atomic E-state index is -4.63. The second-order valence-corrected chi connectivity index (χ2v) is 9.77. The fourth-order valence-corrected chi connectivity index (χ4v) is 3.86. The van der Waals surface area contributed by atoms with Gasteiger partial charge in [-0.2, -0.15) is 26.3 Å². The fourth-order valence-electron chi connectivity index (χ4n) is 2.89. The third-order valence-corrected chi connectivity index (χ3v) is 6.07. The quantitative estimate of drug-likeness (QED) is 0.265. The molecular formula is C24H29ClF3N3O7S. The van der Waals surface area contributed by atoms with Crippen molar-refractivity contribution in [3.8, 4) is 17.4 Å². The maximum atomic E-state index is 12.9. The van der Waals surface area contributed by atoms with Gasteiger partial charge in [-0.3, -0.25) is 0 Å². The first kappa shape index (κ1) is 32.1. The Balaban J connectivity index is 2.10. The van der Waals surface area contributed by atoms with Crippen LogP contribution in [0.25, 0.3) is 6.08 Å². The van der Waals surface area contributed by atoms with E-state index in [0.29, 0.717) is 36.6 Å². The van der Waals surface area contributed by atoms with Crippen LogP contribution < -0.4 is 18.9 Å². The van der Waals surface area contributed by atoms with Crippen molar-refractivity contribution < 1.29 is 45.3 Å². The number of nitrogens with zero attached hydrogens (tertiary/aromatic N) is 1. The van der Waals surface area contributed by atoms with Crippen molar-refractivity contribution in [1.82, 2.24) is 14.4 Å². The number of carbonyl (C=O) groups excluding carboxylic acids is 1. The summed E-state index contributed by atoms with van der Waals surface area (Å²) in [6, 6.07) is 5.35. The lowest BCUT2D eigenvalue weighted by Crippen LogP contribution is -2.40. The average Bonchev–Trinajstić information content (AvgIpc) is 2.86. The minimum Gasteiger partial charge on any atom is -0.491 e. The van der Waals surface area contributed by atoms with E-state index >= 15 is 0 Å². The molecule has 10 nitrogen and oxygen atoms in total. The smallest absolute Gasteiger partial charge is 0.422 e. The summed E-state index contributed by atoms with van der Waals surface area (Å²) in [5.74, 6) is 0.216. The first-order chi connectivity index (χ1) is 18.4. The number of aromatic nitrogens is 1. The van der Waals surface area contributed by atoms with Gasteiger partial charge in [-0.1, -0.05) is 37.4 Å². The zero-order valence-corrected chi connectivity index (χ0v) is 22.8. The van der Waals surface area contributed by atoms with E-state index in [2.05, 4.69) is 9.71 Å². The SMILES string of the molecule is CCCCCNS(=O)(=O)NC(=O)OC/C=C/c1ccc(OCCOC)cc1Oc1ncc(C(F)(F)F)cc1Cl. The van der Waals surface area contributed by atoms with Gasteiger partial charge in [-0.25, -0.2) is 14.5 Å². The molecule has 0 aliphatic rings. The lowest BCUT2D eigenvalue weighted by atomic mass is 10.1. The summed E-state index contributed by atoms with van der Waals surface area (Å²) in [5.41, 5.74) is -0.633. The van der Waals surface area contributed by atoms with Crippen LogP contribution in [0.3, 0.4) is 0 Å². The number of ether oxygens (including phenoxy) is 4. The van der Waals surface area contributed by atoms with Gasteiger partial charge in [0.1, 0.15) is 29.7 Å². The summed E-state index contributed by atoms with van der Waals surface area (Å²) in [5, 5.41) is -0.366. The topological polar surface area (TPSA) is 125 Å². The van der Waals surface area contributed by atoms with Crippen LogP contribution in [0.4, 0.5) is 18.0 Å². The molecule has 0 aliphatic carbocycles. The molecule has 1 aromatic heterocycles. The number of alkyl halides is 3. The molecule has 1 amide bonds. The molecule has 1 heterocycles. The number of pyridine rings is 1. The van der Waals surface area contributed by atoms with Gasteiger partial charge in [0, 0.05) is 31.5 Å². The highest BCUT2D eigenvalue weighted by atomic mass is 35.5. The van der Waals surface area contributed by atoms with E-state index < -0.39 is 28.0 Å². The first-order valence-electron chi connectivity index (χ1n) is 11.7. The van der Waals surface area contributed by atoms with Crippen LogP contribution in [-0.4, -0.2) is 53.0 Å². The average molecular weight is 596 g/mol. The second-order valence-electron chi connectivity index (χ2n) is 7.86. The zero-order chi connectivity index (χ0) is 28.9. The molecule has 1 aromatic carbocycles. The normalized spacial score (nSPS) is 11.9. The molecule has 2 aromatic rings. The highest BCUT2D eigenvalue weighted by Crippen LogP contribution is 2.36. The Kier molecular flexibility index (Phi) is 12.8. The van der Waals surface area contributed by atoms with Gasteiger partial charge in [-0.05, 0) is 30.7 Å². The predicted molar refractivity (Wildman–Crippen MR) is 138 cm³/mol. The Morgan fingerprint density at radius 3 is 2.62 bits per heavy atom. The van der Waals surface area contributed by atoms with E-state index in [9.17, 15) is 26.4 Å². The van der Waals surface area contributed by atoms with E-state index in [-0.39, 0.29) is 36.4 Å². The van der Waals surface area contributed by atoms with E-state index in [0.717, 1.165) is 12.8 Å². The maximum Gasteiger partial charge on any atom is 0.422 e.